The van der Waals surface area contributed by atoms with Gasteiger partial charge in [0.15, 0.2) is 6.29 Å². The SMILES string of the molecule is C/C=C1/[C@H]2[C@@H](C[C@@H]3OC(OCC)C[C@H]13)[C@@H](OCOC)[C@H](OCc1ccccc1)[C@H](C)[C@H]2OCc1ccccc1. The molecule has 1 unspecified atom stereocenters. The summed E-state index contributed by atoms with van der Waals surface area (Å²) in [5.74, 6) is 0.813. The first-order valence-corrected chi connectivity index (χ1v) is 14.5. The zero-order valence-electron chi connectivity index (χ0n) is 23.7. The van der Waals surface area contributed by atoms with Gasteiger partial charge in [0.25, 0.3) is 0 Å². The van der Waals surface area contributed by atoms with Crippen LogP contribution in [0, 0.1) is 23.7 Å². The molecule has 0 amide bonds. The van der Waals surface area contributed by atoms with Gasteiger partial charge >= 0.3 is 0 Å². The Balaban J connectivity index is 1.47. The van der Waals surface area contributed by atoms with E-state index in [0.29, 0.717) is 25.7 Å². The van der Waals surface area contributed by atoms with Gasteiger partial charge < -0.3 is 28.4 Å². The Bertz CT molecular complexity index is 1040. The Morgan fingerprint density at radius 2 is 1.46 bits per heavy atom. The number of fused-ring (bicyclic) bond motifs is 2. The van der Waals surface area contributed by atoms with Gasteiger partial charge in [-0.25, -0.2) is 0 Å². The zero-order chi connectivity index (χ0) is 27.2. The van der Waals surface area contributed by atoms with Gasteiger partial charge in [-0.1, -0.05) is 79.2 Å². The van der Waals surface area contributed by atoms with Crippen LogP contribution in [0.3, 0.4) is 0 Å². The quantitative estimate of drug-likeness (QED) is 0.254. The van der Waals surface area contributed by atoms with Gasteiger partial charge in [0.2, 0.25) is 0 Å². The lowest BCUT2D eigenvalue weighted by atomic mass is 9.58. The van der Waals surface area contributed by atoms with Crippen LogP contribution in [0.2, 0.25) is 0 Å². The van der Waals surface area contributed by atoms with Crippen LogP contribution in [-0.4, -0.2) is 51.2 Å². The molecule has 0 N–H and O–H groups in total. The summed E-state index contributed by atoms with van der Waals surface area (Å²) >= 11 is 0. The molecule has 6 heteroatoms. The molecule has 2 aromatic carbocycles. The largest absolute Gasteiger partial charge is 0.373 e. The number of hydrogen-bond donors (Lipinski definition) is 0. The molecule has 39 heavy (non-hydrogen) atoms. The van der Waals surface area contributed by atoms with Crippen LogP contribution in [0.25, 0.3) is 0 Å². The second kappa shape index (κ2) is 13.5. The molecule has 0 aromatic heterocycles. The summed E-state index contributed by atoms with van der Waals surface area (Å²) in [5, 5.41) is 0. The molecule has 212 valence electrons. The van der Waals surface area contributed by atoms with E-state index in [2.05, 4.69) is 68.5 Å². The summed E-state index contributed by atoms with van der Waals surface area (Å²) in [6.45, 7) is 8.41. The Morgan fingerprint density at radius 1 is 0.821 bits per heavy atom. The molecule has 2 aliphatic carbocycles. The van der Waals surface area contributed by atoms with Gasteiger partial charge in [0.05, 0.1) is 37.6 Å². The molecule has 0 bridgehead atoms. The summed E-state index contributed by atoms with van der Waals surface area (Å²) in [4.78, 5) is 0. The summed E-state index contributed by atoms with van der Waals surface area (Å²) in [5.41, 5.74) is 3.74. The van der Waals surface area contributed by atoms with E-state index in [1.165, 1.54) is 11.1 Å². The van der Waals surface area contributed by atoms with Crippen molar-refractivity contribution in [2.45, 2.75) is 77.5 Å². The van der Waals surface area contributed by atoms with E-state index in [9.17, 15) is 0 Å². The number of benzene rings is 2. The maximum absolute atomic E-state index is 6.86. The summed E-state index contributed by atoms with van der Waals surface area (Å²) < 4.78 is 37.9. The molecular weight excluding hydrogens is 492 g/mol. The van der Waals surface area contributed by atoms with Gasteiger partial charge in [-0.05, 0) is 37.3 Å². The van der Waals surface area contributed by atoms with E-state index in [1.54, 1.807) is 7.11 Å². The predicted molar refractivity (Wildman–Crippen MR) is 150 cm³/mol. The van der Waals surface area contributed by atoms with Crippen molar-refractivity contribution >= 4 is 0 Å². The third kappa shape index (κ3) is 6.32. The minimum absolute atomic E-state index is 0.0170. The second-order valence-electron chi connectivity index (χ2n) is 11.0. The molecule has 0 spiro atoms. The van der Waals surface area contributed by atoms with Crippen molar-refractivity contribution in [1.82, 2.24) is 0 Å². The molecule has 9 atom stereocenters. The summed E-state index contributed by atoms with van der Waals surface area (Å²) in [6, 6.07) is 20.8. The molecular formula is C33H44O6. The third-order valence-electron chi connectivity index (χ3n) is 8.77. The third-order valence-corrected chi connectivity index (χ3v) is 8.77. The van der Waals surface area contributed by atoms with Crippen LogP contribution < -0.4 is 0 Å². The fourth-order valence-corrected chi connectivity index (χ4v) is 7.11. The molecule has 0 radical (unpaired) electrons. The molecule has 3 aliphatic rings. The second-order valence-corrected chi connectivity index (χ2v) is 11.0. The fraction of sp³-hybridized carbons (Fsp3) is 0.576. The van der Waals surface area contributed by atoms with E-state index in [0.717, 1.165) is 18.4 Å². The van der Waals surface area contributed by atoms with Crippen LogP contribution in [0.1, 0.15) is 44.7 Å². The summed E-state index contributed by atoms with van der Waals surface area (Å²) in [6.07, 6.45) is 3.70. The number of allylic oxidation sites excluding steroid dienone is 1. The normalized spacial score (nSPS) is 35.1. The van der Waals surface area contributed by atoms with Gasteiger partial charge in [-0.15, -0.1) is 0 Å². The topological polar surface area (TPSA) is 55.4 Å². The van der Waals surface area contributed by atoms with Crippen LogP contribution in [0.4, 0.5) is 0 Å². The van der Waals surface area contributed by atoms with Crippen molar-refractivity contribution < 1.29 is 28.4 Å². The maximum Gasteiger partial charge on any atom is 0.158 e. The Kier molecular flexibility index (Phi) is 9.88. The highest BCUT2D eigenvalue weighted by Crippen LogP contribution is 2.54. The average molecular weight is 537 g/mol. The Hall–Kier alpha value is -2.06. The number of rotatable bonds is 11. The summed E-state index contributed by atoms with van der Waals surface area (Å²) in [7, 11) is 1.68. The fourth-order valence-electron chi connectivity index (χ4n) is 7.11. The highest BCUT2D eigenvalue weighted by Gasteiger charge is 2.58. The van der Waals surface area contributed by atoms with Gasteiger partial charge in [0, 0.05) is 37.9 Å². The molecule has 2 saturated carbocycles. The molecule has 3 fully saturated rings. The Morgan fingerprint density at radius 3 is 2.05 bits per heavy atom. The van der Waals surface area contributed by atoms with Gasteiger partial charge in [0.1, 0.15) is 6.79 Å². The van der Waals surface area contributed by atoms with Crippen molar-refractivity contribution in [2.75, 3.05) is 20.5 Å². The monoisotopic (exact) mass is 536 g/mol. The average Bonchev–Trinajstić information content (AvgIpc) is 3.37. The van der Waals surface area contributed by atoms with Crippen molar-refractivity contribution in [3.63, 3.8) is 0 Å². The maximum atomic E-state index is 6.86. The van der Waals surface area contributed by atoms with Crippen molar-refractivity contribution in [3.8, 4) is 0 Å². The first-order chi connectivity index (χ1) is 19.1. The van der Waals surface area contributed by atoms with Crippen LogP contribution in [0.5, 0.6) is 0 Å². The first-order valence-electron chi connectivity index (χ1n) is 14.5. The molecule has 1 heterocycles. The van der Waals surface area contributed by atoms with E-state index in [4.69, 9.17) is 28.4 Å². The van der Waals surface area contributed by atoms with Crippen molar-refractivity contribution in [3.05, 3.63) is 83.4 Å². The Labute approximate surface area is 233 Å². The molecule has 1 saturated heterocycles. The van der Waals surface area contributed by atoms with E-state index < -0.39 is 0 Å². The first kappa shape index (κ1) is 28.5. The molecule has 2 aromatic rings. The number of hydrogen-bond acceptors (Lipinski definition) is 6. The lowest BCUT2D eigenvalue weighted by Crippen LogP contribution is -2.60. The molecule has 6 nitrogen and oxygen atoms in total. The highest BCUT2D eigenvalue weighted by atomic mass is 16.7. The lowest BCUT2D eigenvalue weighted by Gasteiger charge is -2.54. The standard InChI is InChI=1S/C33H44O6/c1-5-25-26-18-29(35-6-2)39-28(26)17-27-30(25)31(36-19-23-13-9-7-10-14-23)22(3)32(33(27)38-21-34-4)37-20-24-15-11-8-12-16-24/h5,7-16,22,26-33H,6,17-21H2,1-4H3/b25-5+/t22-,26-,27-,28+,29?,30+,31-,32-,33-/m1/s1. The minimum atomic E-state index is -0.162. The number of ether oxygens (including phenoxy) is 6. The lowest BCUT2D eigenvalue weighted by molar-refractivity contribution is -0.232. The minimum Gasteiger partial charge on any atom is -0.373 e. The van der Waals surface area contributed by atoms with Crippen LogP contribution >= 0.6 is 0 Å². The van der Waals surface area contributed by atoms with Gasteiger partial charge in [-0.3, -0.25) is 0 Å². The van der Waals surface area contributed by atoms with E-state index >= 15 is 0 Å². The van der Waals surface area contributed by atoms with Crippen molar-refractivity contribution in [2.24, 2.45) is 23.7 Å². The molecule has 1 aliphatic heterocycles. The van der Waals surface area contributed by atoms with E-state index in [-0.39, 0.29) is 55.3 Å². The zero-order valence-corrected chi connectivity index (χ0v) is 23.7. The van der Waals surface area contributed by atoms with Crippen molar-refractivity contribution in [1.29, 1.82) is 0 Å². The predicted octanol–water partition coefficient (Wildman–Crippen LogP) is 6.15. The van der Waals surface area contributed by atoms with Gasteiger partial charge in [-0.2, -0.15) is 0 Å². The highest BCUT2D eigenvalue weighted by molar-refractivity contribution is 5.25. The smallest absolute Gasteiger partial charge is 0.158 e. The number of methoxy groups -OCH3 is 1. The van der Waals surface area contributed by atoms with Crippen LogP contribution in [-0.2, 0) is 41.6 Å². The van der Waals surface area contributed by atoms with E-state index in [1.807, 2.05) is 19.1 Å². The molecule has 5 rings (SSSR count). The van der Waals surface area contributed by atoms with Crippen LogP contribution in [0.15, 0.2) is 72.3 Å².